The maximum absolute atomic E-state index is 14.5. The third-order valence-corrected chi connectivity index (χ3v) is 9.04. The molecular weight excluding hydrogens is 546 g/mol. The molecular formula is C32H32F2N2O4S. The zero-order valence-electron chi connectivity index (χ0n) is 23.2. The first-order valence-electron chi connectivity index (χ1n) is 13.6. The number of hydrogen-bond acceptors (Lipinski definition) is 5. The molecule has 1 aliphatic rings. The summed E-state index contributed by atoms with van der Waals surface area (Å²) in [6, 6.07) is 15.2. The molecule has 6 nitrogen and oxygen atoms in total. The van der Waals surface area contributed by atoms with E-state index in [9.17, 15) is 23.5 Å². The zero-order valence-corrected chi connectivity index (χ0v) is 24.1. The molecule has 0 atom stereocenters. The number of fused-ring (bicyclic) bond motifs is 1. The van der Waals surface area contributed by atoms with E-state index in [0.717, 1.165) is 78.0 Å². The summed E-state index contributed by atoms with van der Waals surface area (Å²) in [6.45, 7) is 1.71. The lowest BCUT2D eigenvalue weighted by Gasteiger charge is -2.34. The molecule has 4 aromatic rings. The van der Waals surface area contributed by atoms with Crippen LogP contribution in [0.15, 0.2) is 54.6 Å². The topological polar surface area (TPSA) is 70.1 Å². The predicted molar refractivity (Wildman–Crippen MR) is 158 cm³/mol. The van der Waals surface area contributed by atoms with E-state index in [-0.39, 0.29) is 33.5 Å². The van der Waals surface area contributed by atoms with E-state index in [1.54, 1.807) is 24.0 Å². The number of amides is 2. The Morgan fingerprint density at radius 2 is 1.63 bits per heavy atom. The largest absolute Gasteiger partial charge is 0.505 e. The Kier molecular flexibility index (Phi) is 8.26. The maximum Gasteiger partial charge on any atom is 0.268 e. The molecule has 0 bridgehead atoms. The number of halogens is 2. The van der Waals surface area contributed by atoms with Crippen molar-refractivity contribution in [2.24, 2.45) is 0 Å². The van der Waals surface area contributed by atoms with Crippen molar-refractivity contribution in [2.75, 3.05) is 19.1 Å². The van der Waals surface area contributed by atoms with Crippen molar-refractivity contribution >= 4 is 38.9 Å². The second-order valence-electron chi connectivity index (χ2n) is 10.4. The van der Waals surface area contributed by atoms with E-state index in [1.807, 2.05) is 42.5 Å². The quantitative estimate of drug-likeness (QED) is 0.246. The van der Waals surface area contributed by atoms with Gasteiger partial charge in [-0.05, 0) is 60.4 Å². The van der Waals surface area contributed by atoms with Crippen LogP contribution in [0, 0.1) is 11.6 Å². The number of hydrogen-bond donors (Lipinski definition) is 1. The van der Waals surface area contributed by atoms with E-state index >= 15 is 0 Å². The molecule has 0 aliphatic heterocycles. The molecule has 3 aromatic carbocycles. The van der Waals surface area contributed by atoms with Gasteiger partial charge in [-0.3, -0.25) is 9.59 Å². The summed E-state index contributed by atoms with van der Waals surface area (Å²) in [5.41, 5.74) is 3.38. The summed E-state index contributed by atoms with van der Waals surface area (Å²) in [5, 5.41) is 10.6. The molecule has 1 heterocycles. The van der Waals surface area contributed by atoms with Crippen molar-refractivity contribution in [3.8, 4) is 22.6 Å². The molecule has 1 saturated carbocycles. The number of methoxy groups -OCH3 is 1. The molecule has 1 aliphatic carbocycles. The molecule has 1 N–H and O–H groups in total. The Morgan fingerprint density at radius 3 is 2.27 bits per heavy atom. The summed E-state index contributed by atoms with van der Waals surface area (Å²) in [5.74, 6) is -1.89. The van der Waals surface area contributed by atoms with Gasteiger partial charge in [0.2, 0.25) is 5.91 Å². The first-order chi connectivity index (χ1) is 19.7. The van der Waals surface area contributed by atoms with E-state index in [0.29, 0.717) is 5.75 Å². The fourth-order valence-corrected chi connectivity index (χ4v) is 6.55. The van der Waals surface area contributed by atoms with Gasteiger partial charge < -0.3 is 19.6 Å². The zero-order chi connectivity index (χ0) is 29.3. The fraction of sp³-hybridized carbons (Fsp3) is 0.312. The first kappa shape index (κ1) is 28.5. The summed E-state index contributed by atoms with van der Waals surface area (Å²) in [6.07, 6.45) is 4.61. The number of rotatable bonds is 7. The Morgan fingerprint density at radius 1 is 0.976 bits per heavy atom. The van der Waals surface area contributed by atoms with E-state index in [2.05, 4.69) is 0 Å². The summed E-state index contributed by atoms with van der Waals surface area (Å²) in [4.78, 5) is 29.0. The summed E-state index contributed by atoms with van der Waals surface area (Å²) >= 11 is 0.776. The van der Waals surface area contributed by atoms with Gasteiger partial charge in [0, 0.05) is 37.8 Å². The van der Waals surface area contributed by atoms with Crippen LogP contribution in [-0.2, 0) is 11.3 Å². The van der Waals surface area contributed by atoms with Crippen LogP contribution in [0.1, 0.15) is 54.3 Å². The van der Waals surface area contributed by atoms with Crippen molar-refractivity contribution in [3.63, 3.8) is 0 Å². The second kappa shape index (κ2) is 11.9. The van der Waals surface area contributed by atoms with Gasteiger partial charge in [-0.2, -0.15) is 0 Å². The minimum atomic E-state index is -0.770. The number of benzene rings is 3. The minimum Gasteiger partial charge on any atom is -0.505 e. The number of aromatic hydroxyl groups is 1. The predicted octanol–water partition coefficient (Wildman–Crippen LogP) is 7.52. The smallest absolute Gasteiger partial charge is 0.268 e. The fourth-order valence-electron chi connectivity index (χ4n) is 5.48. The molecule has 1 aromatic heterocycles. The highest BCUT2D eigenvalue weighted by molar-refractivity contribution is 7.21. The van der Waals surface area contributed by atoms with Crippen LogP contribution in [0.3, 0.4) is 0 Å². The van der Waals surface area contributed by atoms with Crippen LogP contribution in [0.4, 0.5) is 14.5 Å². The highest BCUT2D eigenvalue weighted by Gasteiger charge is 2.32. The minimum absolute atomic E-state index is 0.0629. The third kappa shape index (κ3) is 5.63. The van der Waals surface area contributed by atoms with Crippen LogP contribution in [0.2, 0.25) is 0 Å². The molecule has 41 heavy (non-hydrogen) atoms. The highest BCUT2D eigenvalue weighted by Crippen LogP contribution is 2.42. The van der Waals surface area contributed by atoms with E-state index in [1.165, 1.54) is 6.92 Å². The third-order valence-electron chi connectivity index (χ3n) is 7.87. The van der Waals surface area contributed by atoms with Gasteiger partial charge in [-0.15, -0.1) is 11.3 Å². The molecule has 0 spiro atoms. The Labute approximate surface area is 241 Å². The van der Waals surface area contributed by atoms with Gasteiger partial charge >= 0.3 is 0 Å². The lowest BCUT2D eigenvalue weighted by atomic mass is 9.93. The lowest BCUT2D eigenvalue weighted by molar-refractivity contribution is -0.116. The van der Waals surface area contributed by atoms with Crippen LogP contribution in [0.25, 0.3) is 21.2 Å². The van der Waals surface area contributed by atoms with Crippen molar-refractivity contribution in [1.29, 1.82) is 0 Å². The molecule has 5 rings (SSSR count). The Hall–Kier alpha value is -3.98. The number of carbonyl (C=O) groups excluding carboxylic acids is 2. The van der Waals surface area contributed by atoms with Gasteiger partial charge in [0.15, 0.2) is 0 Å². The van der Waals surface area contributed by atoms with Gasteiger partial charge in [0.05, 0.1) is 17.2 Å². The normalized spacial score (nSPS) is 13.8. The average molecular weight is 579 g/mol. The molecule has 9 heteroatoms. The number of ether oxygens (including phenoxy) is 1. The number of carbonyl (C=O) groups is 2. The summed E-state index contributed by atoms with van der Waals surface area (Å²) < 4.78 is 34.6. The number of anilines is 1. The van der Waals surface area contributed by atoms with Gasteiger partial charge in [0.1, 0.15) is 28.0 Å². The SMILES string of the molecule is COc1ccc(-c2ccc(N(C)C(C)=O)cc2)cc1CN(C(=O)c1sc2c(F)ccc(F)c2c1O)C1CCCCC1. The monoisotopic (exact) mass is 578 g/mol. The van der Waals surface area contributed by atoms with Crippen molar-refractivity contribution < 1.29 is 28.2 Å². The van der Waals surface area contributed by atoms with Crippen LogP contribution in [-0.4, -0.2) is 42.0 Å². The first-order valence-corrected chi connectivity index (χ1v) is 14.4. The van der Waals surface area contributed by atoms with Gasteiger partial charge in [-0.25, -0.2) is 8.78 Å². The van der Waals surface area contributed by atoms with Crippen molar-refractivity contribution in [1.82, 2.24) is 4.90 Å². The van der Waals surface area contributed by atoms with Crippen molar-refractivity contribution in [2.45, 2.75) is 51.6 Å². The second-order valence-corrected chi connectivity index (χ2v) is 11.4. The van der Waals surface area contributed by atoms with Crippen LogP contribution >= 0.6 is 11.3 Å². The van der Waals surface area contributed by atoms with Crippen LogP contribution in [0.5, 0.6) is 11.5 Å². The summed E-state index contributed by atoms with van der Waals surface area (Å²) in [7, 11) is 3.29. The van der Waals surface area contributed by atoms with E-state index < -0.39 is 23.3 Å². The number of thiophene rings is 1. The average Bonchev–Trinajstić information content (AvgIpc) is 3.35. The molecule has 0 unspecified atom stereocenters. The Balaban J connectivity index is 1.52. The van der Waals surface area contributed by atoms with Crippen LogP contribution < -0.4 is 9.64 Å². The number of nitrogens with zero attached hydrogens (tertiary/aromatic N) is 2. The van der Waals surface area contributed by atoms with Gasteiger partial charge in [-0.1, -0.05) is 37.5 Å². The van der Waals surface area contributed by atoms with Gasteiger partial charge in [0.25, 0.3) is 5.91 Å². The molecule has 214 valence electrons. The molecule has 0 radical (unpaired) electrons. The molecule has 0 saturated heterocycles. The van der Waals surface area contributed by atoms with Crippen molar-refractivity contribution in [3.05, 3.63) is 76.7 Å². The maximum atomic E-state index is 14.5. The van der Waals surface area contributed by atoms with E-state index in [4.69, 9.17) is 4.74 Å². The lowest BCUT2D eigenvalue weighted by Crippen LogP contribution is -2.40. The highest BCUT2D eigenvalue weighted by atomic mass is 32.1. The Bertz CT molecular complexity index is 1600. The standard InChI is InChI=1S/C32H32F2N2O4S/c1-19(37)35(2)23-12-9-20(10-13-23)21-11-16-27(40-3)22(17-21)18-36(24-7-5-4-6-8-24)32(39)31-29(38)28-25(33)14-15-26(34)30(28)41-31/h9-17,24,38H,4-8,18H2,1-3H3. The molecule has 2 amide bonds. The molecule has 1 fully saturated rings.